The maximum atomic E-state index is 12.6. The third-order valence-electron chi connectivity index (χ3n) is 5.73. The van der Waals surface area contributed by atoms with E-state index in [4.69, 9.17) is 16.3 Å². The summed E-state index contributed by atoms with van der Waals surface area (Å²) < 4.78 is 5.46. The number of hydrogen-bond acceptors (Lipinski definition) is 4. The fraction of sp³-hybridized carbons (Fsp3) is 0.292. The van der Waals surface area contributed by atoms with Gasteiger partial charge in [-0.3, -0.25) is 9.69 Å². The van der Waals surface area contributed by atoms with Crippen molar-refractivity contribution in [1.82, 2.24) is 4.90 Å². The molecule has 6 heteroatoms. The quantitative estimate of drug-likeness (QED) is 0.636. The summed E-state index contributed by atoms with van der Waals surface area (Å²) in [6.45, 7) is 5.88. The molecular formula is C24H26ClN3O2. The number of nitrogens with one attached hydrogen (secondary N) is 1. The van der Waals surface area contributed by atoms with Crippen LogP contribution in [0.15, 0.2) is 60.7 Å². The molecule has 30 heavy (non-hydrogen) atoms. The summed E-state index contributed by atoms with van der Waals surface area (Å²) >= 11 is 5.92. The van der Waals surface area contributed by atoms with Gasteiger partial charge >= 0.3 is 0 Å². The first-order valence-electron chi connectivity index (χ1n) is 10.2. The molecule has 1 unspecified atom stereocenters. The molecule has 1 amide bonds. The Hall–Kier alpha value is -2.60. The van der Waals surface area contributed by atoms with Crippen molar-refractivity contribution in [2.45, 2.75) is 13.2 Å². The number of carbonyl (C=O) groups excluding carboxylic acids is 1. The largest absolute Gasteiger partial charge is 0.368 e. The lowest BCUT2D eigenvalue weighted by atomic mass is 10.1. The number of anilines is 2. The number of ether oxygens (including phenoxy) is 1. The SMILES string of the molecule is COC(C)N1CCN(c2cccc3ccc(NC(=O)c4ccc(Cl)cc4)cc23)CC1. The van der Waals surface area contributed by atoms with Crippen molar-refractivity contribution in [2.75, 3.05) is 43.5 Å². The normalized spacial score (nSPS) is 15.9. The third-order valence-corrected chi connectivity index (χ3v) is 5.99. The minimum Gasteiger partial charge on any atom is -0.368 e. The standard InChI is InChI=1S/C24H26ClN3O2/c1-17(30-2)27-12-14-28(15-13-27)23-5-3-4-18-8-11-21(16-22(18)23)26-24(29)19-6-9-20(25)10-7-19/h3-11,16-17H,12-15H2,1-2H3,(H,26,29). The van der Waals surface area contributed by atoms with E-state index in [0.717, 1.165) is 42.6 Å². The fourth-order valence-corrected chi connectivity index (χ4v) is 4.02. The summed E-state index contributed by atoms with van der Waals surface area (Å²) in [6.07, 6.45) is 0.134. The predicted molar refractivity (Wildman–Crippen MR) is 124 cm³/mol. The van der Waals surface area contributed by atoms with Crippen molar-refractivity contribution in [2.24, 2.45) is 0 Å². The molecule has 1 heterocycles. The Kier molecular flexibility index (Phi) is 6.23. The smallest absolute Gasteiger partial charge is 0.255 e. The van der Waals surface area contributed by atoms with Crippen LogP contribution < -0.4 is 10.2 Å². The first-order valence-corrected chi connectivity index (χ1v) is 10.5. The van der Waals surface area contributed by atoms with E-state index in [1.165, 1.54) is 5.69 Å². The van der Waals surface area contributed by atoms with Gasteiger partial charge in [0, 0.05) is 60.6 Å². The second-order valence-electron chi connectivity index (χ2n) is 7.53. The highest BCUT2D eigenvalue weighted by Crippen LogP contribution is 2.30. The van der Waals surface area contributed by atoms with E-state index in [1.54, 1.807) is 31.4 Å². The van der Waals surface area contributed by atoms with E-state index in [1.807, 2.05) is 6.07 Å². The van der Waals surface area contributed by atoms with Crippen LogP contribution in [0.25, 0.3) is 10.8 Å². The van der Waals surface area contributed by atoms with Gasteiger partial charge in [0.25, 0.3) is 5.91 Å². The molecule has 1 fully saturated rings. The zero-order valence-electron chi connectivity index (χ0n) is 17.3. The van der Waals surface area contributed by atoms with Crippen LogP contribution in [0.4, 0.5) is 11.4 Å². The molecule has 1 N–H and O–H groups in total. The summed E-state index contributed by atoms with van der Waals surface area (Å²) in [7, 11) is 1.75. The minimum absolute atomic E-state index is 0.134. The highest BCUT2D eigenvalue weighted by molar-refractivity contribution is 6.30. The topological polar surface area (TPSA) is 44.8 Å². The van der Waals surface area contributed by atoms with Crippen molar-refractivity contribution in [3.63, 3.8) is 0 Å². The molecule has 0 saturated carbocycles. The molecule has 3 aromatic rings. The van der Waals surface area contributed by atoms with Crippen LogP contribution >= 0.6 is 11.6 Å². The molecular weight excluding hydrogens is 398 g/mol. The van der Waals surface area contributed by atoms with Crippen molar-refractivity contribution < 1.29 is 9.53 Å². The van der Waals surface area contributed by atoms with Gasteiger partial charge in [-0.2, -0.15) is 0 Å². The molecule has 1 aliphatic heterocycles. The molecule has 5 nitrogen and oxygen atoms in total. The molecule has 0 radical (unpaired) electrons. The zero-order chi connectivity index (χ0) is 21.1. The van der Waals surface area contributed by atoms with Gasteiger partial charge in [-0.05, 0) is 54.8 Å². The molecule has 156 valence electrons. The molecule has 1 atom stereocenters. The number of piperazine rings is 1. The van der Waals surface area contributed by atoms with Crippen LogP contribution in [0.5, 0.6) is 0 Å². The number of amides is 1. The molecule has 0 aliphatic carbocycles. The van der Waals surface area contributed by atoms with E-state index in [-0.39, 0.29) is 12.1 Å². The number of hydrogen-bond donors (Lipinski definition) is 1. The Bertz CT molecular complexity index is 1030. The van der Waals surface area contributed by atoms with Crippen molar-refractivity contribution in [3.05, 3.63) is 71.2 Å². The first-order chi connectivity index (χ1) is 14.5. The number of halogens is 1. The maximum Gasteiger partial charge on any atom is 0.255 e. The highest BCUT2D eigenvalue weighted by atomic mass is 35.5. The Morgan fingerprint density at radius 2 is 1.77 bits per heavy atom. The number of methoxy groups -OCH3 is 1. The van der Waals surface area contributed by atoms with Gasteiger partial charge in [-0.25, -0.2) is 0 Å². The monoisotopic (exact) mass is 423 g/mol. The lowest BCUT2D eigenvalue weighted by Crippen LogP contribution is -2.50. The van der Waals surface area contributed by atoms with Crippen LogP contribution in [0.1, 0.15) is 17.3 Å². The van der Waals surface area contributed by atoms with Gasteiger partial charge in [0.1, 0.15) is 6.23 Å². The fourth-order valence-electron chi connectivity index (χ4n) is 3.89. The van der Waals surface area contributed by atoms with Gasteiger partial charge in [0.2, 0.25) is 0 Å². The van der Waals surface area contributed by atoms with Gasteiger partial charge in [-0.1, -0.05) is 29.8 Å². The molecule has 1 saturated heterocycles. The number of benzene rings is 3. The van der Waals surface area contributed by atoms with Gasteiger partial charge < -0.3 is 15.0 Å². The molecule has 3 aromatic carbocycles. The Labute approximate surface area is 182 Å². The van der Waals surface area contributed by atoms with E-state index < -0.39 is 0 Å². The van der Waals surface area contributed by atoms with Crippen molar-refractivity contribution in [3.8, 4) is 0 Å². The van der Waals surface area contributed by atoms with E-state index in [0.29, 0.717) is 10.6 Å². The van der Waals surface area contributed by atoms with Crippen molar-refractivity contribution in [1.29, 1.82) is 0 Å². The highest BCUT2D eigenvalue weighted by Gasteiger charge is 2.22. The number of nitrogens with zero attached hydrogens (tertiary/aromatic N) is 2. The van der Waals surface area contributed by atoms with Crippen LogP contribution in [0.2, 0.25) is 5.02 Å². The summed E-state index contributed by atoms with van der Waals surface area (Å²) in [5.41, 5.74) is 2.55. The predicted octanol–water partition coefficient (Wildman–Crippen LogP) is 4.86. The third kappa shape index (κ3) is 4.43. The average Bonchev–Trinajstić information content (AvgIpc) is 2.78. The zero-order valence-corrected chi connectivity index (χ0v) is 18.0. The lowest BCUT2D eigenvalue weighted by molar-refractivity contribution is -0.0212. The Balaban J connectivity index is 1.55. The van der Waals surface area contributed by atoms with E-state index in [9.17, 15) is 4.79 Å². The molecule has 0 aromatic heterocycles. The second-order valence-corrected chi connectivity index (χ2v) is 7.97. The number of fused-ring (bicyclic) bond motifs is 1. The molecule has 4 rings (SSSR count). The van der Waals surface area contributed by atoms with E-state index in [2.05, 4.69) is 52.4 Å². The van der Waals surface area contributed by atoms with E-state index >= 15 is 0 Å². The number of rotatable bonds is 5. The van der Waals surface area contributed by atoms with Crippen LogP contribution in [0, 0.1) is 0 Å². The second kappa shape index (κ2) is 9.04. The summed E-state index contributed by atoms with van der Waals surface area (Å²) in [5, 5.41) is 5.91. The van der Waals surface area contributed by atoms with Gasteiger partial charge in [-0.15, -0.1) is 0 Å². The van der Waals surface area contributed by atoms with Crippen molar-refractivity contribution >= 4 is 39.7 Å². The molecule has 0 bridgehead atoms. The Morgan fingerprint density at radius 3 is 2.47 bits per heavy atom. The average molecular weight is 424 g/mol. The summed E-state index contributed by atoms with van der Waals surface area (Å²) in [4.78, 5) is 17.3. The molecule has 1 aliphatic rings. The number of carbonyl (C=O) groups is 1. The molecule has 0 spiro atoms. The minimum atomic E-state index is -0.148. The lowest BCUT2D eigenvalue weighted by Gasteiger charge is -2.38. The summed E-state index contributed by atoms with van der Waals surface area (Å²) in [5.74, 6) is -0.148. The maximum absolute atomic E-state index is 12.6. The van der Waals surface area contributed by atoms with Crippen LogP contribution in [-0.2, 0) is 4.74 Å². The first kappa shape index (κ1) is 20.7. The Morgan fingerprint density at radius 1 is 1.03 bits per heavy atom. The van der Waals surface area contributed by atoms with Gasteiger partial charge in [0.15, 0.2) is 0 Å². The van der Waals surface area contributed by atoms with Crippen LogP contribution in [-0.4, -0.2) is 50.3 Å². The summed E-state index contributed by atoms with van der Waals surface area (Å²) in [6, 6.07) is 19.3. The van der Waals surface area contributed by atoms with Crippen LogP contribution in [0.3, 0.4) is 0 Å². The van der Waals surface area contributed by atoms with Gasteiger partial charge in [0.05, 0.1) is 0 Å².